The van der Waals surface area contributed by atoms with Crippen LogP contribution in [0.2, 0.25) is 0 Å². The van der Waals surface area contributed by atoms with Crippen molar-refractivity contribution in [3.63, 3.8) is 0 Å². The molecule has 11 rings (SSSR count). The third-order valence-electron chi connectivity index (χ3n) is 11.7. The van der Waals surface area contributed by atoms with Crippen LogP contribution in [0.4, 0.5) is 11.4 Å². The highest BCUT2D eigenvalue weighted by Gasteiger charge is 2.40. The van der Waals surface area contributed by atoms with E-state index in [0.717, 1.165) is 0 Å². The summed E-state index contributed by atoms with van der Waals surface area (Å²) in [4.78, 5) is 0. The molecule has 0 spiro atoms. The molecule has 3 aliphatic rings. The molecular formula is C44H32BN2. The number of nitrogens with one attached hydrogen (secondary N) is 1. The fourth-order valence-electron chi connectivity index (χ4n) is 9.50. The number of para-hydroxylation sites is 3. The van der Waals surface area contributed by atoms with Crippen LogP contribution in [-0.4, -0.2) is 11.8 Å². The summed E-state index contributed by atoms with van der Waals surface area (Å²) in [6.45, 7) is 9.55. The number of nitrogens with zero attached hydrogens (tertiary/aromatic N) is 1. The first-order valence-corrected chi connectivity index (χ1v) is 16.8. The van der Waals surface area contributed by atoms with E-state index >= 15 is 0 Å². The van der Waals surface area contributed by atoms with E-state index in [1.54, 1.807) is 0 Å². The second-order valence-corrected chi connectivity index (χ2v) is 14.8. The molecule has 0 aliphatic carbocycles. The van der Waals surface area contributed by atoms with E-state index in [4.69, 9.17) is 0 Å². The Hall–Kier alpha value is -5.28. The van der Waals surface area contributed by atoms with E-state index < -0.39 is 0 Å². The van der Waals surface area contributed by atoms with Gasteiger partial charge in [0.1, 0.15) is 0 Å². The minimum Gasteiger partial charge on any atom is -0.354 e. The summed E-state index contributed by atoms with van der Waals surface area (Å²) < 4.78 is 2.62. The van der Waals surface area contributed by atoms with Gasteiger partial charge in [-0.1, -0.05) is 136 Å². The van der Waals surface area contributed by atoms with E-state index in [2.05, 4.69) is 160 Å². The molecule has 0 amide bonds. The van der Waals surface area contributed by atoms with Gasteiger partial charge in [-0.15, -0.1) is 0 Å². The molecule has 3 heteroatoms. The van der Waals surface area contributed by atoms with Crippen molar-refractivity contribution in [2.24, 2.45) is 0 Å². The Morgan fingerprint density at radius 3 is 2.09 bits per heavy atom. The molecule has 7 aromatic carbocycles. The lowest BCUT2D eigenvalue weighted by atomic mass is 9.57. The van der Waals surface area contributed by atoms with E-state index in [1.165, 1.54) is 105 Å². The fourth-order valence-corrected chi connectivity index (χ4v) is 9.50. The van der Waals surface area contributed by atoms with Gasteiger partial charge >= 0.3 is 0 Å². The minimum absolute atomic E-state index is 0.0925. The summed E-state index contributed by atoms with van der Waals surface area (Å²) >= 11 is 0. The Kier molecular flexibility index (Phi) is 4.60. The summed E-state index contributed by atoms with van der Waals surface area (Å²) in [5, 5.41) is 11.9. The van der Waals surface area contributed by atoms with Gasteiger partial charge < -0.3 is 9.88 Å². The van der Waals surface area contributed by atoms with Crippen LogP contribution >= 0.6 is 0 Å². The van der Waals surface area contributed by atoms with Gasteiger partial charge in [0.2, 0.25) is 0 Å². The zero-order valence-corrected chi connectivity index (χ0v) is 27.0. The summed E-state index contributed by atoms with van der Waals surface area (Å²) in [6.07, 6.45) is 0. The standard InChI is InChI=1S/C44H32BN2/c1-43(2)30-18-9-16-28(39(30)46-35-23-25-13-6-5-12-24(25)22-33(35)43)36-26-14-7-8-15-27(26)37-29-17-10-19-31-40(29)47-41-32(44(31,3)4)20-11-21-34(41)45-38(36)42(37)47/h5-23,46H,1-4H3. The Balaban J connectivity index is 1.30. The second kappa shape index (κ2) is 8.35. The molecule has 2 nitrogen and oxygen atoms in total. The number of hydrogen-bond donors (Lipinski definition) is 1. The van der Waals surface area contributed by atoms with Gasteiger partial charge in [-0.3, -0.25) is 0 Å². The van der Waals surface area contributed by atoms with E-state index in [1.807, 2.05) is 0 Å². The molecule has 0 atom stereocenters. The molecule has 4 heterocycles. The SMILES string of the molecule is CC1(C)c2cc3ccccc3cc2Nc2c(-c3c4c5c(c6ccccc36)c3cccc6c3n5-c3c(cccc3C6(C)C)[B]4)cccc21. The first-order chi connectivity index (χ1) is 22.8. The predicted molar refractivity (Wildman–Crippen MR) is 200 cm³/mol. The number of hydrogen-bond acceptors (Lipinski definition) is 1. The van der Waals surface area contributed by atoms with Crippen LogP contribution in [0.3, 0.4) is 0 Å². The summed E-state index contributed by atoms with van der Waals surface area (Å²) in [5.41, 5.74) is 16.8. The first kappa shape index (κ1) is 25.9. The fraction of sp³-hybridized carbons (Fsp3) is 0.136. The molecule has 1 radical (unpaired) electrons. The number of fused-ring (bicyclic) bond motifs is 6. The van der Waals surface area contributed by atoms with Gasteiger partial charge in [-0.05, 0) is 67.0 Å². The Bertz CT molecular complexity index is 2740. The first-order valence-electron chi connectivity index (χ1n) is 16.8. The highest BCUT2D eigenvalue weighted by molar-refractivity contribution is 6.74. The number of aromatic nitrogens is 1. The maximum absolute atomic E-state index is 4.01. The lowest BCUT2D eigenvalue weighted by molar-refractivity contribution is 0.631. The average molecular weight is 600 g/mol. The van der Waals surface area contributed by atoms with Gasteiger partial charge in [0.25, 0.3) is 0 Å². The Morgan fingerprint density at radius 2 is 1.23 bits per heavy atom. The molecule has 0 bridgehead atoms. The summed E-state index contributed by atoms with van der Waals surface area (Å²) in [7, 11) is 2.48. The molecule has 0 unspecified atom stereocenters. The smallest absolute Gasteiger partial charge is 0.197 e. The second-order valence-electron chi connectivity index (χ2n) is 14.8. The molecule has 221 valence electrons. The average Bonchev–Trinajstić information content (AvgIpc) is 3.44. The van der Waals surface area contributed by atoms with Gasteiger partial charge in [0.15, 0.2) is 7.28 Å². The van der Waals surface area contributed by atoms with E-state index in [-0.39, 0.29) is 10.8 Å². The zero-order chi connectivity index (χ0) is 31.4. The molecular weight excluding hydrogens is 567 g/mol. The molecule has 8 aromatic rings. The molecule has 1 aromatic heterocycles. The molecule has 1 N–H and O–H groups in total. The topological polar surface area (TPSA) is 17.0 Å². The highest BCUT2D eigenvalue weighted by atomic mass is 15.0. The normalized spacial score (nSPS) is 15.9. The molecule has 0 saturated carbocycles. The third-order valence-corrected chi connectivity index (χ3v) is 11.7. The van der Waals surface area contributed by atoms with Crippen LogP contribution in [0.15, 0.2) is 115 Å². The Morgan fingerprint density at radius 1 is 0.574 bits per heavy atom. The number of anilines is 2. The van der Waals surface area contributed by atoms with Crippen LogP contribution in [0.1, 0.15) is 49.9 Å². The lowest BCUT2D eigenvalue weighted by Gasteiger charge is -2.38. The number of benzene rings is 7. The van der Waals surface area contributed by atoms with E-state index in [9.17, 15) is 0 Å². The maximum atomic E-state index is 4.01. The van der Waals surface area contributed by atoms with Gasteiger partial charge in [0.05, 0.1) is 11.2 Å². The Labute approximate surface area is 274 Å². The van der Waals surface area contributed by atoms with Crippen LogP contribution in [0.25, 0.3) is 60.2 Å². The largest absolute Gasteiger partial charge is 0.354 e. The van der Waals surface area contributed by atoms with Crippen molar-refractivity contribution >= 4 is 72.9 Å². The van der Waals surface area contributed by atoms with Crippen LogP contribution < -0.4 is 16.2 Å². The molecule has 0 saturated heterocycles. The molecule has 0 fully saturated rings. The van der Waals surface area contributed by atoms with Crippen molar-refractivity contribution in [2.75, 3.05) is 5.32 Å². The van der Waals surface area contributed by atoms with Crippen molar-refractivity contribution in [2.45, 2.75) is 38.5 Å². The van der Waals surface area contributed by atoms with Gasteiger partial charge in [-0.2, -0.15) is 0 Å². The van der Waals surface area contributed by atoms with Crippen molar-refractivity contribution in [3.05, 3.63) is 138 Å². The van der Waals surface area contributed by atoms with Gasteiger partial charge in [-0.25, -0.2) is 0 Å². The van der Waals surface area contributed by atoms with Crippen LogP contribution in [0.5, 0.6) is 0 Å². The highest BCUT2D eigenvalue weighted by Crippen LogP contribution is 2.53. The van der Waals surface area contributed by atoms with Crippen LogP contribution in [-0.2, 0) is 10.8 Å². The predicted octanol–water partition coefficient (Wildman–Crippen LogP) is 9.75. The molecule has 3 aliphatic heterocycles. The monoisotopic (exact) mass is 599 g/mol. The van der Waals surface area contributed by atoms with Crippen molar-refractivity contribution < 1.29 is 0 Å². The summed E-state index contributed by atoms with van der Waals surface area (Å²) in [6, 6.07) is 43.3. The summed E-state index contributed by atoms with van der Waals surface area (Å²) in [5.74, 6) is 0. The zero-order valence-electron chi connectivity index (χ0n) is 27.0. The minimum atomic E-state index is -0.172. The van der Waals surface area contributed by atoms with Crippen molar-refractivity contribution in [1.29, 1.82) is 0 Å². The van der Waals surface area contributed by atoms with Crippen molar-refractivity contribution in [1.82, 2.24) is 4.57 Å². The third kappa shape index (κ3) is 3.00. The molecule has 47 heavy (non-hydrogen) atoms. The maximum Gasteiger partial charge on any atom is 0.197 e. The lowest BCUT2D eigenvalue weighted by Crippen LogP contribution is -2.41. The van der Waals surface area contributed by atoms with Crippen molar-refractivity contribution in [3.8, 4) is 16.8 Å². The van der Waals surface area contributed by atoms with Gasteiger partial charge in [0, 0.05) is 44.1 Å². The van der Waals surface area contributed by atoms with Crippen LogP contribution in [0, 0.1) is 0 Å². The quantitative estimate of drug-likeness (QED) is 0.186. The van der Waals surface area contributed by atoms with E-state index in [0.29, 0.717) is 0 Å². The number of rotatable bonds is 1.